The Hall–Kier alpha value is -0.410. The molecule has 70 valence electrons. The van der Waals surface area contributed by atoms with Crippen LogP contribution in [-0.4, -0.2) is 40.5 Å². The van der Waals surface area contributed by atoms with Crippen molar-refractivity contribution in [3.05, 3.63) is 0 Å². The standard InChI is InChI=1S/C9H17NO2/c1-6(2)10-5-8(12)4-9(10)7(3)11/h6,8-9,12H,4-5H2,1-3H3/t8-,9+/m0/s1. The van der Waals surface area contributed by atoms with Gasteiger partial charge in [-0.1, -0.05) is 0 Å². The van der Waals surface area contributed by atoms with Gasteiger partial charge in [0.15, 0.2) is 0 Å². The summed E-state index contributed by atoms with van der Waals surface area (Å²) in [5, 5.41) is 9.37. The number of carbonyl (C=O) groups excluding carboxylic acids is 1. The molecule has 1 N–H and O–H groups in total. The largest absolute Gasteiger partial charge is 0.392 e. The van der Waals surface area contributed by atoms with Crippen LogP contribution >= 0.6 is 0 Å². The van der Waals surface area contributed by atoms with Crippen molar-refractivity contribution in [2.75, 3.05) is 6.54 Å². The fourth-order valence-corrected chi connectivity index (χ4v) is 1.81. The van der Waals surface area contributed by atoms with Gasteiger partial charge in [-0.2, -0.15) is 0 Å². The third-order valence-electron chi connectivity index (χ3n) is 2.45. The summed E-state index contributed by atoms with van der Waals surface area (Å²) in [5.41, 5.74) is 0. The topological polar surface area (TPSA) is 40.5 Å². The predicted molar refractivity (Wildman–Crippen MR) is 46.9 cm³/mol. The van der Waals surface area contributed by atoms with Crippen LogP contribution in [-0.2, 0) is 4.79 Å². The molecule has 0 unspecified atom stereocenters. The molecular weight excluding hydrogens is 154 g/mol. The molecule has 0 amide bonds. The van der Waals surface area contributed by atoms with E-state index in [2.05, 4.69) is 4.90 Å². The highest BCUT2D eigenvalue weighted by atomic mass is 16.3. The van der Waals surface area contributed by atoms with Crippen LogP contribution in [0.4, 0.5) is 0 Å². The molecule has 0 spiro atoms. The minimum Gasteiger partial charge on any atom is -0.392 e. The minimum absolute atomic E-state index is 0.0556. The van der Waals surface area contributed by atoms with Crippen molar-refractivity contribution in [2.45, 2.75) is 45.4 Å². The fourth-order valence-electron chi connectivity index (χ4n) is 1.81. The van der Waals surface area contributed by atoms with E-state index in [-0.39, 0.29) is 17.9 Å². The second kappa shape index (κ2) is 3.54. The van der Waals surface area contributed by atoms with Crippen LogP contribution in [0, 0.1) is 0 Å². The fraction of sp³-hybridized carbons (Fsp3) is 0.889. The Morgan fingerprint density at radius 2 is 2.17 bits per heavy atom. The summed E-state index contributed by atoms with van der Waals surface area (Å²) in [7, 11) is 0. The van der Waals surface area contributed by atoms with E-state index < -0.39 is 0 Å². The van der Waals surface area contributed by atoms with Crippen LogP contribution < -0.4 is 0 Å². The number of hydrogen-bond donors (Lipinski definition) is 1. The summed E-state index contributed by atoms with van der Waals surface area (Å²) < 4.78 is 0. The number of carbonyl (C=O) groups is 1. The summed E-state index contributed by atoms with van der Waals surface area (Å²) in [6, 6.07) is 0.288. The number of β-amino-alcohol motifs (C(OH)–C–C–N with tert-alkyl or cyclic N) is 1. The Labute approximate surface area is 73.4 Å². The lowest BCUT2D eigenvalue weighted by atomic mass is 10.1. The summed E-state index contributed by atoms with van der Waals surface area (Å²) in [5.74, 6) is 0.167. The number of rotatable bonds is 2. The van der Waals surface area contributed by atoms with Crippen molar-refractivity contribution >= 4 is 5.78 Å². The van der Waals surface area contributed by atoms with Crippen molar-refractivity contribution in [2.24, 2.45) is 0 Å². The summed E-state index contributed by atoms with van der Waals surface area (Å²) in [6.45, 7) is 6.34. The zero-order valence-electron chi connectivity index (χ0n) is 7.95. The van der Waals surface area contributed by atoms with Crippen LogP contribution in [0.5, 0.6) is 0 Å². The van der Waals surface area contributed by atoms with E-state index in [1.165, 1.54) is 0 Å². The average molecular weight is 171 g/mol. The molecular formula is C9H17NO2. The van der Waals surface area contributed by atoms with Gasteiger partial charge in [0, 0.05) is 12.6 Å². The van der Waals surface area contributed by atoms with Gasteiger partial charge in [-0.3, -0.25) is 9.69 Å². The molecule has 0 aromatic heterocycles. The Kier molecular flexibility index (Phi) is 2.85. The van der Waals surface area contributed by atoms with Crippen LogP contribution in [0.25, 0.3) is 0 Å². The van der Waals surface area contributed by atoms with Crippen molar-refractivity contribution in [3.8, 4) is 0 Å². The molecule has 1 fully saturated rings. The van der Waals surface area contributed by atoms with E-state index in [4.69, 9.17) is 0 Å². The van der Waals surface area contributed by atoms with Gasteiger partial charge in [-0.05, 0) is 27.2 Å². The quantitative estimate of drug-likeness (QED) is 0.654. The number of likely N-dealkylation sites (tertiary alicyclic amines) is 1. The number of aliphatic hydroxyl groups is 1. The SMILES string of the molecule is CC(=O)[C@H]1C[C@H](O)CN1C(C)C. The van der Waals surface area contributed by atoms with Gasteiger partial charge in [0.05, 0.1) is 12.1 Å². The monoisotopic (exact) mass is 171 g/mol. The lowest BCUT2D eigenvalue weighted by Gasteiger charge is -2.25. The van der Waals surface area contributed by atoms with E-state index in [9.17, 15) is 9.90 Å². The summed E-state index contributed by atoms with van der Waals surface area (Å²) in [6.07, 6.45) is 0.286. The second-order valence-electron chi connectivity index (χ2n) is 3.81. The second-order valence-corrected chi connectivity index (χ2v) is 3.81. The number of ketones is 1. The molecule has 1 rings (SSSR count). The molecule has 1 aliphatic rings. The maximum Gasteiger partial charge on any atom is 0.147 e. The van der Waals surface area contributed by atoms with Gasteiger partial charge in [0.1, 0.15) is 5.78 Å². The van der Waals surface area contributed by atoms with E-state index in [0.717, 1.165) is 0 Å². The van der Waals surface area contributed by atoms with Gasteiger partial charge < -0.3 is 5.11 Å². The smallest absolute Gasteiger partial charge is 0.147 e. The zero-order chi connectivity index (χ0) is 9.30. The Balaban J connectivity index is 2.65. The molecule has 0 aromatic rings. The maximum atomic E-state index is 11.2. The third-order valence-corrected chi connectivity index (χ3v) is 2.45. The minimum atomic E-state index is -0.318. The number of nitrogens with zero attached hydrogens (tertiary/aromatic N) is 1. The molecule has 0 aromatic carbocycles. The van der Waals surface area contributed by atoms with E-state index in [1.807, 2.05) is 13.8 Å². The molecule has 0 aliphatic carbocycles. The van der Waals surface area contributed by atoms with Crippen LogP contribution in [0.15, 0.2) is 0 Å². The summed E-state index contributed by atoms with van der Waals surface area (Å²) >= 11 is 0. The molecule has 3 heteroatoms. The highest BCUT2D eigenvalue weighted by Crippen LogP contribution is 2.20. The number of Topliss-reactive ketones (excluding diaryl/α,β-unsaturated/α-hetero) is 1. The van der Waals surface area contributed by atoms with E-state index >= 15 is 0 Å². The maximum absolute atomic E-state index is 11.2. The van der Waals surface area contributed by atoms with Gasteiger partial charge in [0.25, 0.3) is 0 Å². The normalized spacial score (nSPS) is 31.4. The molecule has 12 heavy (non-hydrogen) atoms. The molecule has 0 saturated carbocycles. The lowest BCUT2D eigenvalue weighted by molar-refractivity contribution is -0.121. The van der Waals surface area contributed by atoms with Gasteiger partial charge in [0.2, 0.25) is 0 Å². The lowest BCUT2D eigenvalue weighted by Crippen LogP contribution is -2.39. The van der Waals surface area contributed by atoms with Crippen molar-refractivity contribution in [1.82, 2.24) is 4.90 Å². The van der Waals surface area contributed by atoms with Gasteiger partial charge in [-0.25, -0.2) is 0 Å². The number of aliphatic hydroxyl groups excluding tert-OH is 1. The molecule has 0 bridgehead atoms. The first kappa shape index (κ1) is 9.68. The molecule has 2 atom stereocenters. The highest BCUT2D eigenvalue weighted by molar-refractivity contribution is 5.81. The van der Waals surface area contributed by atoms with Crippen molar-refractivity contribution in [1.29, 1.82) is 0 Å². The third kappa shape index (κ3) is 1.84. The zero-order valence-corrected chi connectivity index (χ0v) is 7.95. The van der Waals surface area contributed by atoms with Gasteiger partial charge in [-0.15, -0.1) is 0 Å². The van der Waals surface area contributed by atoms with Crippen LogP contribution in [0.2, 0.25) is 0 Å². The Morgan fingerprint density at radius 3 is 2.50 bits per heavy atom. The number of hydrogen-bond acceptors (Lipinski definition) is 3. The van der Waals surface area contributed by atoms with Crippen molar-refractivity contribution in [3.63, 3.8) is 0 Å². The Bertz CT molecular complexity index is 179. The average Bonchev–Trinajstić information content (AvgIpc) is 2.31. The molecule has 0 radical (unpaired) electrons. The molecule has 1 heterocycles. The molecule has 3 nitrogen and oxygen atoms in total. The first-order chi connectivity index (χ1) is 5.52. The Morgan fingerprint density at radius 1 is 1.58 bits per heavy atom. The predicted octanol–water partition coefficient (Wildman–Crippen LogP) is 0.419. The van der Waals surface area contributed by atoms with E-state index in [0.29, 0.717) is 19.0 Å². The first-order valence-corrected chi connectivity index (χ1v) is 4.46. The van der Waals surface area contributed by atoms with Crippen LogP contribution in [0.3, 0.4) is 0 Å². The highest BCUT2D eigenvalue weighted by Gasteiger charge is 2.34. The van der Waals surface area contributed by atoms with Crippen LogP contribution in [0.1, 0.15) is 27.2 Å². The first-order valence-electron chi connectivity index (χ1n) is 4.46. The van der Waals surface area contributed by atoms with E-state index in [1.54, 1.807) is 6.92 Å². The van der Waals surface area contributed by atoms with Gasteiger partial charge >= 0.3 is 0 Å². The molecule has 1 saturated heterocycles. The summed E-state index contributed by atoms with van der Waals surface area (Å²) in [4.78, 5) is 13.2. The van der Waals surface area contributed by atoms with Crippen molar-refractivity contribution < 1.29 is 9.90 Å². The molecule has 1 aliphatic heterocycles.